The summed E-state index contributed by atoms with van der Waals surface area (Å²) in [7, 11) is 0. The van der Waals surface area contributed by atoms with Gasteiger partial charge in [0.25, 0.3) is 0 Å². The fourth-order valence-corrected chi connectivity index (χ4v) is 1.99. The summed E-state index contributed by atoms with van der Waals surface area (Å²) < 4.78 is 0. The highest BCUT2D eigenvalue weighted by Gasteiger charge is 2.01. The zero-order valence-electron chi connectivity index (χ0n) is 14.4. The van der Waals surface area contributed by atoms with Crippen molar-refractivity contribution in [3.8, 4) is 0 Å². The van der Waals surface area contributed by atoms with Crippen molar-refractivity contribution in [2.75, 3.05) is 0 Å². The molecule has 0 saturated carbocycles. The number of hydrogen-bond donors (Lipinski definition) is 2. The number of aliphatic hydroxyl groups is 1. The van der Waals surface area contributed by atoms with Gasteiger partial charge < -0.3 is 10.2 Å². The summed E-state index contributed by atoms with van der Waals surface area (Å²) in [6.45, 7) is 2.22. The van der Waals surface area contributed by atoms with Crippen LogP contribution in [0.4, 0.5) is 0 Å². The summed E-state index contributed by atoms with van der Waals surface area (Å²) in [5.41, 5.74) is 0. The Morgan fingerprint density at radius 2 is 1.61 bits per heavy atom. The van der Waals surface area contributed by atoms with Gasteiger partial charge in [0, 0.05) is 6.42 Å². The van der Waals surface area contributed by atoms with Gasteiger partial charge >= 0.3 is 5.97 Å². The minimum atomic E-state index is -0.818. The SMILES string of the molecule is CCCCC/C=C/CC/C=C/C=C/C=C/C(O)CCCC(=O)O. The van der Waals surface area contributed by atoms with Gasteiger partial charge in [0.15, 0.2) is 0 Å². The molecule has 3 nitrogen and oxygen atoms in total. The number of carbonyl (C=O) groups is 1. The Labute approximate surface area is 141 Å². The number of allylic oxidation sites excluding steroid dienone is 7. The molecule has 0 heterocycles. The van der Waals surface area contributed by atoms with E-state index in [0.29, 0.717) is 12.8 Å². The van der Waals surface area contributed by atoms with E-state index in [2.05, 4.69) is 25.2 Å². The molecule has 23 heavy (non-hydrogen) atoms. The van der Waals surface area contributed by atoms with Gasteiger partial charge in [0.1, 0.15) is 0 Å². The van der Waals surface area contributed by atoms with E-state index in [1.807, 2.05) is 18.2 Å². The molecule has 3 heteroatoms. The first kappa shape index (κ1) is 21.4. The molecule has 1 unspecified atom stereocenters. The molecule has 130 valence electrons. The van der Waals surface area contributed by atoms with E-state index >= 15 is 0 Å². The van der Waals surface area contributed by atoms with E-state index in [-0.39, 0.29) is 6.42 Å². The first-order valence-electron chi connectivity index (χ1n) is 8.71. The fraction of sp³-hybridized carbons (Fsp3) is 0.550. The third-order valence-corrected chi connectivity index (χ3v) is 3.33. The minimum absolute atomic E-state index is 0.108. The Kier molecular flexibility index (Phi) is 15.6. The standard InChI is InChI=1S/C20H32O3/c1-2-3-4-5-6-7-8-9-10-11-12-13-14-16-19(21)17-15-18-20(22)23/h6-7,10-14,16,19,21H,2-5,8-9,15,17-18H2,1H3,(H,22,23)/b7-6+,11-10+,13-12+,16-14+. The lowest BCUT2D eigenvalue weighted by molar-refractivity contribution is -0.137. The number of hydrogen-bond acceptors (Lipinski definition) is 2. The third kappa shape index (κ3) is 18.3. The normalized spacial score (nSPS) is 13.8. The number of unbranched alkanes of at least 4 members (excludes halogenated alkanes) is 4. The average molecular weight is 320 g/mol. The number of aliphatic carboxylic acids is 1. The van der Waals surface area contributed by atoms with E-state index in [4.69, 9.17) is 5.11 Å². The van der Waals surface area contributed by atoms with E-state index in [0.717, 1.165) is 12.8 Å². The summed E-state index contributed by atoms with van der Waals surface area (Å²) in [6.07, 6.45) is 23.7. The van der Waals surface area contributed by atoms with Crippen molar-refractivity contribution < 1.29 is 15.0 Å². The molecular formula is C20H32O3. The lowest BCUT2D eigenvalue weighted by Crippen LogP contribution is -2.03. The fourth-order valence-electron chi connectivity index (χ4n) is 1.99. The molecule has 0 amide bonds. The van der Waals surface area contributed by atoms with Gasteiger partial charge in [-0.15, -0.1) is 0 Å². The van der Waals surface area contributed by atoms with Gasteiger partial charge in [-0.05, 0) is 38.5 Å². The molecule has 0 rings (SSSR count). The van der Waals surface area contributed by atoms with Crippen molar-refractivity contribution in [1.82, 2.24) is 0 Å². The van der Waals surface area contributed by atoms with Crippen LogP contribution in [0.3, 0.4) is 0 Å². The predicted molar refractivity (Wildman–Crippen MR) is 97.4 cm³/mol. The van der Waals surface area contributed by atoms with Crippen molar-refractivity contribution in [2.24, 2.45) is 0 Å². The maximum Gasteiger partial charge on any atom is 0.303 e. The van der Waals surface area contributed by atoms with Crippen LogP contribution in [0.15, 0.2) is 48.6 Å². The van der Waals surface area contributed by atoms with Gasteiger partial charge in [-0.3, -0.25) is 4.79 Å². The van der Waals surface area contributed by atoms with Crippen LogP contribution in [0, 0.1) is 0 Å². The Hall–Kier alpha value is -1.61. The predicted octanol–water partition coefficient (Wildman–Crippen LogP) is 5.19. The highest BCUT2D eigenvalue weighted by molar-refractivity contribution is 5.66. The van der Waals surface area contributed by atoms with Crippen LogP contribution in [0.2, 0.25) is 0 Å². The molecule has 0 aliphatic rings. The van der Waals surface area contributed by atoms with Crippen molar-refractivity contribution >= 4 is 5.97 Å². The van der Waals surface area contributed by atoms with Crippen LogP contribution in [-0.2, 0) is 4.79 Å². The molecule has 0 aromatic rings. The second-order valence-corrected chi connectivity index (χ2v) is 5.60. The molecule has 0 aromatic heterocycles. The van der Waals surface area contributed by atoms with Crippen LogP contribution in [0.25, 0.3) is 0 Å². The maximum absolute atomic E-state index is 10.3. The maximum atomic E-state index is 10.3. The van der Waals surface area contributed by atoms with E-state index < -0.39 is 12.1 Å². The van der Waals surface area contributed by atoms with E-state index in [9.17, 15) is 9.90 Å². The highest BCUT2D eigenvalue weighted by Crippen LogP contribution is 2.03. The monoisotopic (exact) mass is 320 g/mol. The lowest BCUT2D eigenvalue weighted by Gasteiger charge is -2.02. The van der Waals surface area contributed by atoms with Crippen LogP contribution < -0.4 is 0 Å². The highest BCUT2D eigenvalue weighted by atomic mass is 16.4. The van der Waals surface area contributed by atoms with Crippen LogP contribution in [0.1, 0.15) is 64.7 Å². The quantitative estimate of drug-likeness (QED) is 0.263. The van der Waals surface area contributed by atoms with Gasteiger partial charge in [0.05, 0.1) is 6.10 Å². The molecule has 0 aliphatic carbocycles. The van der Waals surface area contributed by atoms with Gasteiger partial charge in [-0.25, -0.2) is 0 Å². The summed E-state index contributed by atoms with van der Waals surface area (Å²) in [5.74, 6) is -0.818. The molecule has 0 aliphatic heterocycles. The zero-order valence-corrected chi connectivity index (χ0v) is 14.4. The smallest absolute Gasteiger partial charge is 0.303 e. The largest absolute Gasteiger partial charge is 0.481 e. The molecule has 2 N–H and O–H groups in total. The molecule has 0 radical (unpaired) electrons. The molecule has 0 saturated heterocycles. The summed E-state index contributed by atoms with van der Waals surface area (Å²) in [5, 5.41) is 18.1. The van der Waals surface area contributed by atoms with E-state index in [1.54, 1.807) is 12.2 Å². The summed E-state index contributed by atoms with van der Waals surface area (Å²) >= 11 is 0. The first-order chi connectivity index (χ1) is 11.2. The van der Waals surface area contributed by atoms with Crippen molar-refractivity contribution in [3.63, 3.8) is 0 Å². The van der Waals surface area contributed by atoms with Crippen LogP contribution >= 0.6 is 0 Å². The third-order valence-electron chi connectivity index (χ3n) is 3.33. The number of aliphatic hydroxyl groups excluding tert-OH is 1. The molecule has 0 spiro atoms. The van der Waals surface area contributed by atoms with E-state index in [1.165, 1.54) is 25.7 Å². The first-order valence-corrected chi connectivity index (χ1v) is 8.71. The van der Waals surface area contributed by atoms with Crippen molar-refractivity contribution in [1.29, 1.82) is 0 Å². The Morgan fingerprint density at radius 1 is 0.913 bits per heavy atom. The second-order valence-electron chi connectivity index (χ2n) is 5.60. The van der Waals surface area contributed by atoms with Crippen LogP contribution in [-0.4, -0.2) is 22.3 Å². The minimum Gasteiger partial charge on any atom is -0.481 e. The molecule has 1 atom stereocenters. The summed E-state index contributed by atoms with van der Waals surface area (Å²) in [4.78, 5) is 10.3. The Balaban J connectivity index is 3.60. The lowest BCUT2D eigenvalue weighted by atomic mass is 10.1. The van der Waals surface area contributed by atoms with Gasteiger partial charge in [0.2, 0.25) is 0 Å². The van der Waals surface area contributed by atoms with Gasteiger partial charge in [-0.2, -0.15) is 0 Å². The zero-order chi connectivity index (χ0) is 17.2. The molecule has 0 fully saturated rings. The molecular weight excluding hydrogens is 288 g/mol. The molecule has 0 bridgehead atoms. The Morgan fingerprint density at radius 3 is 2.35 bits per heavy atom. The summed E-state index contributed by atoms with van der Waals surface area (Å²) in [6, 6.07) is 0. The number of rotatable bonds is 14. The van der Waals surface area contributed by atoms with Crippen LogP contribution in [0.5, 0.6) is 0 Å². The topological polar surface area (TPSA) is 57.5 Å². The Bertz CT molecular complexity index is 392. The number of carboxylic acid groups (broad SMARTS) is 1. The average Bonchev–Trinajstić information content (AvgIpc) is 2.51. The van der Waals surface area contributed by atoms with Crippen molar-refractivity contribution in [2.45, 2.75) is 70.8 Å². The number of carboxylic acids is 1. The second kappa shape index (κ2) is 16.8. The molecule has 0 aromatic carbocycles. The van der Waals surface area contributed by atoms with Gasteiger partial charge in [-0.1, -0.05) is 68.4 Å². The van der Waals surface area contributed by atoms with Crippen molar-refractivity contribution in [3.05, 3.63) is 48.6 Å².